The number of rotatable bonds is 4. The molecule has 0 amide bonds. The van der Waals surface area contributed by atoms with Crippen molar-refractivity contribution in [1.29, 1.82) is 0 Å². The largest absolute Gasteiger partial charge is 0.573 e. The zero-order chi connectivity index (χ0) is 17.3. The molecule has 0 unspecified atom stereocenters. The van der Waals surface area contributed by atoms with Gasteiger partial charge >= 0.3 is 6.36 Å². The molecule has 130 valence electrons. The Kier molecular flexibility index (Phi) is 4.54. The summed E-state index contributed by atoms with van der Waals surface area (Å²) >= 11 is 0. The van der Waals surface area contributed by atoms with Crippen LogP contribution in [0.2, 0.25) is 0 Å². The van der Waals surface area contributed by atoms with Gasteiger partial charge in [-0.3, -0.25) is 9.58 Å². The summed E-state index contributed by atoms with van der Waals surface area (Å²) in [6, 6.07) is 6.45. The van der Waals surface area contributed by atoms with E-state index in [-0.39, 0.29) is 11.8 Å². The second-order valence-corrected chi connectivity index (χ2v) is 6.15. The molecule has 0 bridgehead atoms. The van der Waals surface area contributed by atoms with Crippen LogP contribution >= 0.6 is 0 Å². The highest BCUT2D eigenvalue weighted by atomic mass is 19.4. The molecule has 1 aliphatic rings. The summed E-state index contributed by atoms with van der Waals surface area (Å²) in [5, 5.41) is 4.32. The molecule has 0 N–H and O–H groups in total. The van der Waals surface area contributed by atoms with Gasteiger partial charge in [-0.1, -0.05) is 18.2 Å². The van der Waals surface area contributed by atoms with Gasteiger partial charge in [-0.2, -0.15) is 5.10 Å². The molecule has 7 heteroatoms. The van der Waals surface area contributed by atoms with Crippen molar-refractivity contribution in [2.75, 3.05) is 7.05 Å². The quantitative estimate of drug-likeness (QED) is 0.848. The van der Waals surface area contributed by atoms with Crippen LogP contribution in [-0.2, 0) is 20.0 Å². The molecule has 1 aliphatic carbocycles. The molecule has 2 aromatic rings. The van der Waals surface area contributed by atoms with Crippen LogP contribution in [0, 0.1) is 0 Å². The van der Waals surface area contributed by atoms with Crippen LogP contribution in [-0.4, -0.2) is 28.1 Å². The first kappa shape index (κ1) is 16.8. The summed E-state index contributed by atoms with van der Waals surface area (Å²) in [5.41, 5.74) is 2.90. The Hall–Kier alpha value is -2.02. The minimum Gasteiger partial charge on any atom is -0.405 e. The van der Waals surface area contributed by atoms with Crippen molar-refractivity contribution in [3.05, 3.63) is 47.3 Å². The Balaban J connectivity index is 1.80. The second kappa shape index (κ2) is 6.47. The maximum Gasteiger partial charge on any atom is 0.573 e. The van der Waals surface area contributed by atoms with Crippen molar-refractivity contribution in [1.82, 2.24) is 14.7 Å². The second-order valence-electron chi connectivity index (χ2n) is 6.15. The fourth-order valence-electron chi connectivity index (χ4n) is 3.38. The van der Waals surface area contributed by atoms with E-state index in [0.29, 0.717) is 12.1 Å². The first-order valence-electron chi connectivity index (χ1n) is 7.90. The fraction of sp³-hybridized carbons (Fsp3) is 0.471. The van der Waals surface area contributed by atoms with Crippen LogP contribution in [0.3, 0.4) is 0 Å². The molecule has 0 fully saturated rings. The fourth-order valence-corrected chi connectivity index (χ4v) is 3.38. The van der Waals surface area contributed by atoms with Gasteiger partial charge in [-0.25, -0.2) is 0 Å². The Bertz CT molecular complexity index is 711. The number of aromatic nitrogens is 2. The van der Waals surface area contributed by atoms with Crippen LogP contribution in [0.1, 0.15) is 35.7 Å². The Morgan fingerprint density at radius 3 is 2.83 bits per heavy atom. The molecule has 1 heterocycles. The average Bonchev–Trinajstić information content (AvgIpc) is 2.89. The van der Waals surface area contributed by atoms with Gasteiger partial charge in [0.25, 0.3) is 0 Å². The summed E-state index contributed by atoms with van der Waals surface area (Å²) in [6.45, 7) is 0.380. The smallest absolute Gasteiger partial charge is 0.405 e. The van der Waals surface area contributed by atoms with Gasteiger partial charge < -0.3 is 4.74 Å². The molecule has 1 atom stereocenters. The zero-order valence-electron chi connectivity index (χ0n) is 13.7. The van der Waals surface area contributed by atoms with E-state index in [9.17, 15) is 13.2 Å². The highest BCUT2D eigenvalue weighted by Gasteiger charge is 2.32. The topological polar surface area (TPSA) is 30.3 Å². The number of para-hydroxylation sites is 1. The first-order valence-corrected chi connectivity index (χ1v) is 7.90. The molecular weight excluding hydrogens is 319 g/mol. The summed E-state index contributed by atoms with van der Waals surface area (Å²) in [6.07, 6.45) is 0.188. The maximum absolute atomic E-state index is 12.6. The van der Waals surface area contributed by atoms with Gasteiger partial charge in [0.1, 0.15) is 5.75 Å². The van der Waals surface area contributed by atoms with Crippen LogP contribution in [0.25, 0.3) is 0 Å². The van der Waals surface area contributed by atoms with Crippen molar-refractivity contribution < 1.29 is 17.9 Å². The third kappa shape index (κ3) is 3.56. The third-order valence-electron chi connectivity index (χ3n) is 4.49. The molecule has 1 aromatic carbocycles. The number of hydrogen-bond acceptors (Lipinski definition) is 3. The Morgan fingerprint density at radius 1 is 1.33 bits per heavy atom. The lowest BCUT2D eigenvalue weighted by atomic mass is 9.91. The number of aryl methyl sites for hydroxylation is 1. The number of benzene rings is 1. The molecular formula is C17H20F3N3O. The van der Waals surface area contributed by atoms with Gasteiger partial charge in [0, 0.05) is 36.5 Å². The summed E-state index contributed by atoms with van der Waals surface area (Å²) < 4.78 is 43.7. The summed E-state index contributed by atoms with van der Waals surface area (Å²) in [4.78, 5) is 2.07. The lowest BCUT2D eigenvalue weighted by Gasteiger charge is -2.32. The van der Waals surface area contributed by atoms with Crippen molar-refractivity contribution in [2.24, 2.45) is 7.05 Å². The minimum atomic E-state index is -4.68. The zero-order valence-corrected chi connectivity index (χ0v) is 13.7. The number of hydrogen-bond donors (Lipinski definition) is 0. The Morgan fingerprint density at radius 2 is 2.08 bits per heavy atom. The van der Waals surface area contributed by atoms with E-state index in [1.807, 2.05) is 25.0 Å². The van der Waals surface area contributed by atoms with Gasteiger partial charge in [0.05, 0.1) is 6.20 Å². The van der Waals surface area contributed by atoms with Crippen molar-refractivity contribution >= 4 is 0 Å². The number of fused-ring (bicyclic) bond motifs is 1. The van der Waals surface area contributed by atoms with Gasteiger partial charge in [0.15, 0.2) is 0 Å². The molecule has 4 nitrogen and oxygen atoms in total. The molecule has 3 rings (SSSR count). The third-order valence-corrected chi connectivity index (χ3v) is 4.49. The normalized spacial score (nSPS) is 17.8. The van der Waals surface area contributed by atoms with E-state index >= 15 is 0 Å². The summed E-state index contributed by atoms with van der Waals surface area (Å²) in [5.74, 6) is -0.140. The highest BCUT2D eigenvalue weighted by molar-refractivity contribution is 5.34. The van der Waals surface area contributed by atoms with Crippen molar-refractivity contribution in [2.45, 2.75) is 38.2 Å². The standard InChI is InChI=1S/C17H20F3N3O/c1-22(14-7-5-8-15-13(14)10-21-23(15)2)11-12-6-3-4-9-16(12)24-17(18,19)20/h3-4,6,9-10,14H,5,7-8,11H2,1-2H3/t14-/m0/s1. The molecule has 0 saturated carbocycles. The lowest BCUT2D eigenvalue weighted by molar-refractivity contribution is -0.275. The number of halogens is 3. The number of alkyl halides is 3. The molecule has 0 spiro atoms. The monoisotopic (exact) mass is 339 g/mol. The highest BCUT2D eigenvalue weighted by Crippen LogP contribution is 2.35. The van der Waals surface area contributed by atoms with E-state index in [4.69, 9.17) is 0 Å². The summed E-state index contributed by atoms with van der Waals surface area (Å²) in [7, 11) is 3.85. The Labute approximate surface area is 138 Å². The molecule has 0 radical (unpaired) electrons. The molecule has 0 saturated heterocycles. The van der Waals surface area contributed by atoms with E-state index in [2.05, 4.69) is 14.7 Å². The SMILES string of the molecule is CN(Cc1ccccc1OC(F)(F)F)[C@H]1CCCc2c1cnn2C. The lowest BCUT2D eigenvalue weighted by Crippen LogP contribution is -2.28. The average molecular weight is 339 g/mol. The number of nitrogens with zero attached hydrogens (tertiary/aromatic N) is 3. The first-order chi connectivity index (χ1) is 11.3. The van der Waals surface area contributed by atoms with Crippen LogP contribution in [0.4, 0.5) is 13.2 Å². The predicted octanol–water partition coefficient (Wildman–Crippen LogP) is 3.83. The van der Waals surface area contributed by atoms with Crippen molar-refractivity contribution in [3.8, 4) is 5.75 Å². The maximum atomic E-state index is 12.6. The van der Waals surface area contributed by atoms with E-state index in [1.54, 1.807) is 18.2 Å². The van der Waals surface area contributed by atoms with E-state index in [1.165, 1.54) is 17.3 Å². The molecule has 24 heavy (non-hydrogen) atoms. The number of ether oxygens (including phenoxy) is 1. The van der Waals surface area contributed by atoms with Gasteiger partial charge in [-0.05, 0) is 32.4 Å². The van der Waals surface area contributed by atoms with Crippen LogP contribution in [0.5, 0.6) is 5.75 Å². The van der Waals surface area contributed by atoms with E-state index in [0.717, 1.165) is 19.3 Å². The molecule has 1 aromatic heterocycles. The van der Waals surface area contributed by atoms with Gasteiger partial charge in [-0.15, -0.1) is 13.2 Å². The van der Waals surface area contributed by atoms with Crippen molar-refractivity contribution in [3.63, 3.8) is 0 Å². The van der Waals surface area contributed by atoms with Crippen LogP contribution < -0.4 is 4.74 Å². The van der Waals surface area contributed by atoms with Gasteiger partial charge in [0.2, 0.25) is 0 Å². The van der Waals surface area contributed by atoms with E-state index < -0.39 is 6.36 Å². The minimum absolute atomic E-state index is 0.140. The molecule has 0 aliphatic heterocycles. The predicted molar refractivity (Wildman–Crippen MR) is 83.5 cm³/mol. The van der Waals surface area contributed by atoms with Crippen LogP contribution in [0.15, 0.2) is 30.5 Å².